The van der Waals surface area contributed by atoms with Crippen molar-refractivity contribution in [3.8, 4) is 5.75 Å². The summed E-state index contributed by atoms with van der Waals surface area (Å²) in [7, 11) is 0. The highest BCUT2D eigenvalue weighted by atomic mass is 35.5. The van der Waals surface area contributed by atoms with Crippen LogP contribution in [0.2, 0.25) is 5.02 Å². The van der Waals surface area contributed by atoms with Gasteiger partial charge in [-0.05, 0) is 25.1 Å². The molecule has 0 aliphatic heterocycles. The Morgan fingerprint density at radius 2 is 2.32 bits per heavy atom. The summed E-state index contributed by atoms with van der Waals surface area (Å²) in [5, 5.41) is 4.76. The second-order valence-electron chi connectivity index (χ2n) is 4.22. The van der Waals surface area contributed by atoms with Gasteiger partial charge in [0.25, 0.3) is 0 Å². The van der Waals surface area contributed by atoms with E-state index in [-0.39, 0.29) is 6.04 Å². The molecule has 2 rings (SSSR count). The number of aryl methyl sites for hydroxylation is 1. The van der Waals surface area contributed by atoms with Gasteiger partial charge in [-0.2, -0.15) is 5.10 Å². The lowest BCUT2D eigenvalue weighted by Crippen LogP contribution is -2.31. The maximum atomic E-state index is 6.04. The summed E-state index contributed by atoms with van der Waals surface area (Å²) in [5.41, 5.74) is 6.04. The number of nitrogens with two attached hydrogens (primary N) is 1. The second-order valence-corrected chi connectivity index (χ2v) is 4.66. The van der Waals surface area contributed by atoms with Gasteiger partial charge in [0, 0.05) is 24.0 Å². The van der Waals surface area contributed by atoms with Crippen molar-refractivity contribution in [1.29, 1.82) is 0 Å². The number of hydrogen-bond donors (Lipinski definition) is 1. The first-order valence-electron chi connectivity index (χ1n) is 6.19. The lowest BCUT2D eigenvalue weighted by Gasteiger charge is -2.13. The molecule has 1 aromatic heterocycles. The maximum absolute atomic E-state index is 6.04. The molecule has 2 N–H and O–H groups in total. The van der Waals surface area contributed by atoms with E-state index in [2.05, 4.69) is 10.1 Å². The van der Waals surface area contributed by atoms with E-state index in [9.17, 15) is 0 Å². The van der Waals surface area contributed by atoms with Crippen LogP contribution >= 0.6 is 11.6 Å². The zero-order valence-electron chi connectivity index (χ0n) is 10.8. The van der Waals surface area contributed by atoms with E-state index in [1.54, 1.807) is 18.5 Å². The highest BCUT2D eigenvalue weighted by molar-refractivity contribution is 6.30. The zero-order valence-corrected chi connectivity index (χ0v) is 11.5. The Bertz CT molecular complexity index is 529. The molecule has 0 radical (unpaired) electrons. The monoisotopic (exact) mass is 280 g/mol. The van der Waals surface area contributed by atoms with E-state index in [1.165, 1.54) is 0 Å². The Labute approximate surface area is 117 Å². The summed E-state index contributed by atoms with van der Waals surface area (Å²) in [6.45, 7) is 3.22. The van der Waals surface area contributed by atoms with E-state index in [0.717, 1.165) is 18.1 Å². The molecule has 6 heteroatoms. The van der Waals surface area contributed by atoms with Gasteiger partial charge in [0.1, 0.15) is 24.5 Å². The molecule has 1 atom stereocenters. The highest BCUT2D eigenvalue weighted by Crippen LogP contribution is 2.17. The van der Waals surface area contributed by atoms with Crippen LogP contribution in [0.1, 0.15) is 12.7 Å². The number of hydrogen-bond acceptors (Lipinski definition) is 4. The van der Waals surface area contributed by atoms with E-state index in [1.807, 2.05) is 23.7 Å². The lowest BCUT2D eigenvalue weighted by molar-refractivity contribution is 0.285. The number of nitrogens with zero attached hydrogens (tertiary/aromatic N) is 3. The van der Waals surface area contributed by atoms with Crippen molar-refractivity contribution >= 4 is 11.6 Å². The molecule has 5 nitrogen and oxygen atoms in total. The number of aromatic nitrogens is 3. The van der Waals surface area contributed by atoms with Crippen LogP contribution in [-0.2, 0) is 13.0 Å². The van der Waals surface area contributed by atoms with Crippen molar-refractivity contribution in [2.24, 2.45) is 5.73 Å². The third-order valence-corrected chi connectivity index (χ3v) is 2.94. The summed E-state index contributed by atoms with van der Waals surface area (Å²) in [5.74, 6) is 1.60. The number of rotatable bonds is 6. The summed E-state index contributed by atoms with van der Waals surface area (Å²) in [4.78, 5) is 4.19. The molecule has 0 amide bonds. The predicted octanol–water partition coefficient (Wildman–Crippen LogP) is 1.90. The summed E-state index contributed by atoms with van der Waals surface area (Å²) >= 11 is 5.88. The van der Waals surface area contributed by atoms with E-state index in [4.69, 9.17) is 22.1 Å². The largest absolute Gasteiger partial charge is 0.492 e. The van der Waals surface area contributed by atoms with Gasteiger partial charge in [-0.3, -0.25) is 4.68 Å². The minimum absolute atomic E-state index is 0.131. The number of benzene rings is 1. The fourth-order valence-corrected chi connectivity index (χ4v) is 1.94. The van der Waals surface area contributed by atoms with Crippen LogP contribution in [0.3, 0.4) is 0 Å². The average molecular weight is 281 g/mol. The van der Waals surface area contributed by atoms with Gasteiger partial charge in [-0.15, -0.1) is 0 Å². The van der Waals surface area contributed by atoms with Crippen molar-refractivity contribution in [2.75, 3.05) is 6.61 Å². The molecule has 0 saturated heterocycles. The predicted molar refractivity (Wildman–Crippen MR) is 74.3 cm³/mol. The van der Waals surface area contributed by atoms with Crippen LogP contribution < -0.4 is 10.5 Å². The Balaban J connectivity index is 1.86. The Morgan fingerprint density at radius 3 is 3.05 bits per heavy atom. The minimum atomic E-state index is -0.131. The van der Waals surface area contributed by atoms with Crippen molar-refractivity contribution in [1.82, 2.24) is 14.8 Å². The first kappa shape index (κ1) is 13.8. The molecule has 1 unspecified atom stereocenters. The molecular formula is C13H17ClN4O. The molecule has 1 aromatic carbocycles. The van der Waals surface area contributed by atoms with Crippen LogP contribution in [0, 0.1) is 0 Å². The van der Waals surface area contributed by atoms with Crippen LogP contribution in [0.4, 0.5) is 0 Å². The van der Waals surface area contributed by atoms with Crippen LogP contribution in [0.25, 0.3) is 0 Å². The SMILES string of the molecule is CCn1ncnc1CC(N)COc1cccc(Cl)c1. The van der Waals surface area contributed by atoms with Crippen LogP contribution in [0.15, 0.2) is 30.6 Å². The van der Waals surface area contributed by atoms with Crippen LogP contribution in [0.5, 0.6) is 5.75 Å². The topological polar surface area (TPSA) is 66.0 Å². The first-order chi connectivity index (χ1) is 9.19. The van der Waals surface area contributed by atoms with Gasteiger partial charge in [0.2, 0.25) is 0 Å². The molecule has 19 heavy (non-hydrogen) atoms. The number of ether oxygens (including phenoxy) is 1. The maximum Gasteiger partial charge on any atom is 0.138 e. The highest BCUT2D eigenvalue weighted by Gasteiger charge is 2.10. The number of halogens is 1. The quantitative estimate of drug-likeness (QED) is 0.878. The van der Waals surface area contributed by atoms with Gasteiger partial charge < -0.3 is 10.5 Å². The van der Waals surface area contributed by atoms with Crippen molar-refractivity contribution in [3.05, 3.63) is 41.4 Å². The van der Waals surface area contributed by atoms with Gasteiger partial charge >= 0.3 is 0 Å². The normalized spacial score (nSPS) is 12.4. The second kappa shape index (κ2) is 6.54. The van der Waals surface area contributed by atoms with Crippen LogP contribution in [-0.4, -0.2) is 27.4 Å². The summed E-state index contributed by atoms with van der Waals surface area (Å²) in [6, 6.07) is 7.14. The Morgan fingerprint density at radius 1 is 1.47 bits per heavy atom. The first-order valence-corrected chi connectivity index (χ1v) is 6.57. The molecule has 0 aliphatic rings. The smallest absolute Gasteiger partial charge is 0.138 e. The van der Waals surface area contributed by atoms with Crippen molar-refractivity contribution in [2.45, 2.75) is 25.9 Å². The van der Waals surface area contributed by atoms with Crippen molar-refractivity contribution in [3.63, 3.8) is 0 Å². The molecule has 0 saturated carbocycles. The third-order valence-electron chi connectivity index (χ3n) is 2.70. The minimum Gasteiger partial charge on any atom is -0.492 e. The zero-order chi connectivity index (χ0) is 13.7. The summed E-state index contributed by atoms with van der Waals surface area (Å²) < 4.78 is 7.44. The molecular weight excluding hydrogens is 264 g/mol. The Hall–Kier alpha value is -1.59. The Kier molecular flexibility index (Phi) is 4.76. The van der Waals surface area contributed by atoms with Gasteiger partial charge in [-0.1, -0.05) is 17.7 Å². The standard InChI is InChI=1S/C13H17ClN4O/c1-2-18-13(16-9-17-18)7-11(15)8-19-12-5-3-4-10(14)6-12/h3-6,9,11H,2,7-8,15H2,1H3. The molecule has 2 aromatic rings. The molecule has 1 heterocycles. The van der Waals surface area contributed by atoms with E-state index < -0.39 is 0 Å². The van der Waals surface area contributed by atoms with Crippen molar-refractivity contribution < 1.29 is 4.74 Å². The van der Waals surface area contributed by atoms with Gasteiger partial charge in [0.05, 0.1) is 0 Å². The molecule has 0 spiro atoms. The molecule has 0 bridgehead atoms. The average Bonchev–Trinajstić information content (AvgIpc) is 2.84. The molecule has 0 fully saturated rings. The molecule has 102 valence electrons. The fourth-order valence-electron chi connectivity index (χ4n) is 1.76. The third kappa shape index (κ3) is 3.94. The molecule has 0 aliphatic carbocycles. The summed E-state index contributed by atoms with van der Waals surface area (Å²) in [6.07, 6.45) is 2.18. The van der Waals surface area contributed by atoms with Gasteiger partial charge in [-0.25, -0.2) is 4.98 Å². The van der Waals surface area contributed by atoms with E-state index >= 15 is 0 Å². The van der Waals surface area contributed by atoms with E-state index in [0.29, 0.717) is 18.1 Å². The van der Waals surface area contributed by atoms with Gasteiger partial charge in [0.15, 0.2) is 0 Å². The lowest BCUT2D eigenvalue weighted by atomic mass is 10.2. The fraction of sp³-hybridized carbons (Fsp3) is 0.385.